The summed E-state index contributed by atoms with van der Waals surface area (Å²) in [6, 6.07) is 13.1. The fraction of sp³-hybridized carbons (Fsp3) is 0.346. The van der Waals surface area contributed by atoms with Crippen LogP contribution in [0.15, 0.2) is 60.7 Å². The number of rotatable bonds is 14. The largest absolute Gasteiger partial charge is 0.481 e. The van der Waals surface area contributed by atoms with Crippen LogP contribution in [0.2, 0.25) is 0 Å². The van der Waals surface area contributed by atoms with Crippen LogP contribution in [-0.2, 0) is 36.8 Å². The number of carboxylic acid groups (broad SMARTS) is 2. The number of hydrogen-bond acceptors (Lipinski definition) is 6. The average molecular weight is 513 g/mol. The van der Waals surface area contributed by atoms with Crippen LogP contribution in [0.5, 0.6) is 0 Å². The van der Waals surface area contributed by atoms with Crippen molar-refractivity contribution in [2.45, 2.75) is 56.8 Å². The Morgan fingerprint density at radius 3 is 1.76 bits per heavy atom. The monoisotopic (exact) mass is 512 g/mol. The summed E-state index contributed by atoms with van der Waals surface area (Å²) in [5, 5.41) is 25.8. The van der Waals surface area contributed by atoms with Gasteiger partial charge >= 0.3 is 11.9 Å². The van der Waals surface area contributed by atoms with Crippen LogP contribution in [0.25, 0.3) is 0 Å². The van der Waals surface area contributed by atoms with Gasteiger partial charge in [0.25, 0.3) is 0 Å². The number of carboxylic acids is 2. The van der Waals surface area contributed by atoms with Gasteiger partial charge in [-0.3, -0.25) is 19.2 Å². The summed E-state index contributed by atoms with van der Waals surface area (Å²) < 4.78 is 0. The first kappa shape index (κ1) is 29.0. The Kier molecular flexibility index (Phi) is 11.2. The molecule has 198 valence electrons. The molecule has 0 heterocycles. The molecule has 0 aliphatic heterocycles. The highest BCUT2D eigenvalue weighted by atomic mass is 16.4. The van der Waals surface area contributed by atoms with Gasteiger partial charge in [-0.05, 0) is 30.9 Å². The smallest absolute Gasteiger partial charge is 0.326 e. The Balaban J connectivity index is 2.00. The molecular weight excluding hydrogens is 480 g/mol. The molecule has 7 N–H and O–H groups in total. The second-order valence-corrected chi connectivity index (χ2v) is 8.61. The fourth-order valence-electron chi connectivity index (χ4n) is 3.50. The molecule has 0 saturated heterocycles. The molecule has 0 aliphatic rings. The summed E-state index contributed by atoms with van der Waals surface area (Å²) in [5.41, 5.74) is 7.48. The molecule has 11 nitrogen and oxygen atoms in total. The predicted molar refractivity (Wildman–Crippen MR) is 134 cm³/mol. The van der Waals surface area contributed by atoms with Gasteiger partial charge in [0.05, 0.1) is 6.04 Å². The van der Waals surface area contributed by atoms with Crippen LogP contribution in [0.3, 0.4) is 0 Å². The van der Waals surface area contributed by atoms with Crippen LogP contribution in [0.1, 0.15) is 30.9 Å². The van der Waals surface area contributed by atoms with E-state index < -0.39 is 60.2 Å². The maximum atomic E-state index is 12.8. The molecule has 0 fully saturated rings. The summed E-state index contributed by atoms with van der Waals surface area (Å²) in [5.74, 6) is -4.61. The van der Waals surface area contributed by atoms with E-state index in [1.54, 1.807) is 54.6 Å². The Morgan fingerprint density at radius 2 is 1.24 bits per heavy atom. The highest BCUT2D eigenvalue weighted by Crippen LogP contribution is 2.06. The van der Waals surface area contributed by atoms with Crippen LogP contribution in [0.4, 0.5) is 0 Å². The van der Waals surface area contributed by atoms with Crippen molar-refractivity contribution in [3.8, 4) is 0 Å². The highest BCUT2D eigenvalue weighted by Gasteiger charge is 2.29. The van der Waals surface area contributed by atoms with E-state index in [1.165, 1.54) is 6.92 Å². The molecule has 0 spiro atoms. The molecule has 0 saturated carbocycles. The number of aliphatic carboxylic acids is 2. The van der Waals surface area contributed by atoms with E-state index in [2.05, 4.69) is 16.0 Å². The van der Waals surface area contributed by atoms with Gasteiger partial charge < -0.3 is 31.9 Å². The maximum Gasteiger partial charge on any atom is 0.326 e. The Hall–Kier alpha value is -4.25. The van der Waals surface area contributed by atoms with Crippen molar-refractivity contribution in [1.29, 1.82) is 0 Å². The first-order chi connectivity index (χ1) is 17.6. The molecule has 37 heavy (non-hydrogen) atoms. The highest BCUT2D eigenvalue weighted by molar-refractivity contribution is 5.94. The van der Waals surface area contributed by atoms with E-state index in [1.807, 2.05) is 6.07 Å². The molecule has 0 aliphatic carbocycles. The first-order valence-electron chi connectivity index (χ1n) is 11.8. The van der Waals surface area contributed by atoms with Crippen LogP contribution in [-0.4, -0.2) is 64.0 Å². The van der Waals surface area contributed by atoms with Gasteiger partial charge in [0.15, 0.2) is 0 Å². The van der Waals surface area contributed by atoms with Crippen molar-refractivity contribution in [3.05, 3.63) is 71.8 Å². The van der Waals surface area contributed by atoms with Crippen molar-refractivity contribution in [2.24, 2.45) is 5.73 Å². The summed E-state index contributed by atoms with van der Waals surface area (Å²) in [7, 11) is 0. The molecule has 0 aromatic heterocycles. The van der Waals surface area contributed by atoms with Crippen molar-refractivity contribution >= 4 is 29.7 Å². The molecule has 2 rings (SSSR count). The molecule has 2 aromatic rings. The lowest BCUT2D eigenvalue weighted by Crippen LogP contribution is -2.56. The summed E-state index contributed by atoms with van der Waals surface area (Å²) in [4.78, 5) is 60.8. The molecule has 2 aromatic carbocycles. The minimum Gasteiger partial charge on any atom is -0.481 e. The fourth-order valence-corrected chi connectivity index (χ4v) is 3.50. The van der Waals surface area contributed by atoms with Crippen molar-refractivity contribution < 1.29 is 34.2 Å². The zero-order chi connectivity index (χ0) is 27.4. The standard InChI is InChI=1S/C26H32N4O7/c1-16(23(33)30-21(26(36)37)15-18-10-6-3-7-11-18)28-25(35)20(12-13-22(31)32)29-24(34)19(27)14-17-8-4-2-5-9-17/h2-11,16,19-21H,12-15,27H2,1H3,(H,28,35)(H,29,34)(H,30,33)(H,31,32)(H,36,37). The first-order valence-corrected chi connectivity index (χ1v) is 11.8. The second kappa shape index (κ2) is 14.3. The molecule has 3 amide bonds. The van der Waals surface area contributed by atoms with Crippen molar-refractivity contribution in [2.75, 3.05) is 0 Å². The van der Waals surface area contributed by atoms with Crippen LogP contribution < -0.4 is 21.7 Å². The number of hydrogen-bond donors (Lipinski definition) is 6. The number of carbonyl (C=O) groups excluding carboxylic acids is 3. The second-order valence-electron chi connectivity index (χ2n) is 8.61. The van der Waals surface area contributed by atoms with E-state index in [0.29, 0.717) is 5.56 Å². The number of nitrogens with one attached hydrogen (secondary N) is 3. The Labute approximate surface area is 214 Å². The van der Waals surface area contributed by atoms with Gasteiger partial charge in [0.2, 0.25) is 17.7 Å². The van der Waals surface area contributed by atoms with Gasteiger partial charge in [-0.15, -0.1) is 0 Å². The lowest BCUT2D eigenvalue weighted by atomic mass is 10.0. The Morgan fingerprint density at radius 1 is 0.730 bits per heavy atom. The van der Waals surface area contributed by atoms with Gasteiger partial charge in [-0.1, -0.05) is 60.7 Å². The lowest BCUT2D eigenvalue weighted by molar-refractivity contribution is -0.142. The summed E-state index contributed by atoms with van der Waals surface area (Å²) in [6.07, 6.45) is -0.397. The zero-order valence-electron chi connectivity index (χ0n) is 20.4. The predicted octanol–water partition coefficient (Wildman–Crippen LogP) is 0.223. The van der Waals surface area contributed by atoms with Crippen LogP contribution in [0, 0.1) is 0 Å². The molecule has 11 heteroatoms. The number of benzene rings is 2. The zero-order valence-corrected chi connectivity index (χ0v) is 20.4. The normalized spacial score (nSPS) is 13.9. The van der Waals surface area contributed by atoms with E-state index in [-0.39, 0.29) is 19.3 Å². The van der Waals surface area contributed by atoms with Gasteiger partial charge in [0.1, 0.15) is 18.1 Å². The maximum absolute atomic E-state index is 12.8. The van der Waals surface area contributed by atoms with E-state index in [9.17, 15) is 29.1 Å². The van der Waals surface area contributed by atoms with E-state index in [0.717, 1.165) is 5.56 Å². The molecule has 0 bridgehead atoms. The molecule has 4 atom stereocenters. The number of amides is 3. The topological polar surface area (TPSA) is 188 Å². The number of carbonyl (C=O) groups is 5. The SMILES string of the molecule is CC(NC(=O)C(CCC(=O)O)NC(=O)C(N)Cc1ccccc1)C(=O)NC(Cc1ccccc1)C(=O)O. The third-order valence-electron chi connectivity index (χ3n) is 5.56. The molecule has 0 radical (unpaired) electrons. The summed E-state index contributed by atoms with van der Waals surface area (Å²) in [6.45, 7) is 1.35. The van der Waals surface area contributed by atoms with E-state index >= 15 is 0 Å². The average Bonchev–Trinajstić information content (AvgIpc) is 2.86. The molecule has 4 unspecified atom stereocenters. The van der Waals surface area contributed by atoms with Gasteiger partial charge in [-0.2, -0.15) is 0 Å². The van der Waals surface area contributed by atoms with Gasteiger partial charge in [-0.25, -0.2) is 4.79 Å². The van der Waals surface area contributed by atoms with Crippen molar-refractivity contribution in [1.82, 2.24) is 16.0 Å². The van der Waals surface area contributed by atoms with E-state index in [4.69, 9.17) is 10.8 Å². The third kappa shape index (κ3) is 10.1. The number of nitrogens with two attached hydrogens (primary N) is 1. The Bertz CT molecular complexity index is 1080. The minimum absolute atomic E-state index is 0.0408. The molecular formula is C26H32N4O7. The summed E-state index contributed by atoms with van der Waals surface area (Å²) >= 11 is 0. The third-order valence-corrected chi connectivity index (χ3v) is 5.56. The van der Waals surface area contributed by atoms with Gasteiger partial charge in [0, 0.05) is 12.8 Å². The van der Waals surface area contributed by atoms with Crippen LogP contribution >= 0.6 is 0 Å². The quantitative estimate of drug-likeness (QED) is 0.207. The van der Waals surface area contributed by atoms with Crippen molar-refractivity contribution in [3.63, 3.8) is 0 Å². The minimum atomic E-state index is -1.26. The lowest BCUT2D eigenvalue weighted by Gasteiger charge is -2.23.